The molecule has 2 nitrogen and oxygen atoms in total. The molecule has 0 spiro atoms. The first-order valence-corrected chi connectivity index (χ1v) is 5.04. The summed E-state index contributed by atoms with van der Waals surface area (Å²) in [6, 6.07) is 4.50. The molecule has 0 radical (unpaired) electrons. The van der Waals surface area contributed by atoms with Gasteiger partial charge in [-0.1, -0.05) is 11.6 Å². The van der Waals surface area contributed by atoms with E-state index in [1.54, 1.807) is 6.92 Å². The van der Waals surface area contributed by atoms with E-state index in [0.29, 0.717) is 16.1 Å². The van der Waals surface area contributed by atoms with Crippen LogP contribution in [0.5, 0.6) is 0 Å². The summed E-state index contributed by atoms with van der Waals surface area (Å²) < 4.78 is 39.1. The van der Waals surface area contributed by atoms with Crippen LogP contribution in [0, 0.1) is 0 Å². The third kappa shape index (κ3) is 1.75. The van der Waals surface area contributed by atoms with Gasteiger partial charge in [-0.25, -0.2) is 4.98 Å². The minimum atomic E-state index is -4.44. The van der Waals surface area contributed by atoms with Gasteiger partial charge in [0.25, 0.3) is 0 Å². The highest BCUT2D eigenvalue weighted by atomic mass is 35.5. The van der Waals surface area contributed by atoms with Crippen LogP contribution >= 0.6 is 11.6 Å². The molecule has 0 saturated carbocycles. The van der Waals surface area contributed by atoms with Gasteiger partial charge in [0.05, 0.1) is 11.0 Å². The lowest BCUT2D eigenvalue weighted by Gasteiger charge is -2.08. The monoisotopic (exact) mass is 248 g/mol. The second kappa shape index (κ2) is 3.66. The number of nitrogens with zero attached hydrogens (tertiary/aromatic N) is 2. The van der Waals surface area contributed by atoms with Crippen molar-refractivity contribution in [2.45, 2.75) is 19.6 Å². The van der Waals surface area contributed by atoms with Gasteiger partial charge in [0.1, 0.15) is 0 Å². The van der Waals surface area contributed by atoms with Gasteiger partial charge < -0.3 is 4.57 Å². The lowest BCUT2D eigenvalue weighted by molar-refractivity contribution is -0.146. The molecule has 0 aliphatic rings. The average molecular weight is 249 g/mol. The summed E-state index contributed by atoms with van der Waals surface area (Å²) in [6.07, 6.45) is -4.44. The number of rotatable bonds is 1. The number of fused-ring (bicyclic) bond motifs is 1. The van der Waals surface area contributed by atoms with Crippen molar-refractivity contribution < 1.29 is 13.2 Å². The molecule has 0 atom stereocenters. The topological polar surface area (TPSA) is 17.8 Å². The molecule has 0 aliphatic carbocycles. The summed E-state index contributed by atoms with van der Waals surface area (Å²) in [5, 5.41) is 0.399. The van der Waals surface area contributed by atoms with Gasteiger partial charge in [0, 0.05) is 11.6 Å². The van der Waals surface area contributed by atoms with E-state index in [1.807, 2.05) is 0 Å². The van der Waals surface area contributed by atoms with E-state index in [2.05, 4.69) is 4.98 Å². The maximum atomic E-state index is 12.7. The average Bonchev–Trinajstić information content (AvgIpc) is 2.54. The minimum Gasteiger partial charge on any atom is -0.321 e. The first-order valence-electron chi connectivity index (χ1n) is 4.66. The van der Waals surface area contributed by atoms with Gasteiger partial charge in [0.15, 0.2) is 0 Å². The molecule has 2 rings (SSSR count). The molecule has 0 fully saturated rings. The second-order valence-electron chi connectivity index (χ2n) is 3.31. The number of imidazole rings is 1. The van der Waals surface area contributed by atoms with Crippen molar-refractivity contribution in [2.75, 3.05) is 0 Å². The lowest BCUT2D eigenvalue weighted by atomic mass is 10.3. The van der Waals surface area contributed by atoms with Gasteiger partial charge in [-0.2, -0.15) is 13.2 Å². The minimum absolute atomic E-state index is 0.200. The zero-order chi connectivity index (χ0) is 11.9. The number of alkyl halides is 3. The lowest BCUT2D eigenvalue weighted by Crippen LogP contribution is -2.14. The van der Waals surface area contributed by atoms with Crippen molar-refractivity contribution in [3.05, 3.63) is 29.0 Å². The molecule has 1 heterocycles. The van der Waals surface area contributed by atoms with Crippen LogP contribution in [0.25, 0.3) is 11.0 Å². The van der Waals surface area contributed by atoms with Gasteiger partial charge in [-0.15, -0.1) is 0 Å². The van der Waals surface area contributed by atoms with E-state index >= 15 is 0 Å². The third-order valence-electron chi connectivity index (χ3n) is 2.28. The highest BCUT2D eigenvalue weighted by Gasteiger charge is 2.37. The molecule has 0 aliphatic heterocycles. The molecule has 0 saturated heterocycles. The van der Waals surface area contributed by atoms with Crippen molar-refractivity contribution in [2.24, 2.45) is 0 Å². The number of aromatic nitrogens is 2. The highest BCUT2D eigenvalue weighted by Crippen LogP contribution is 2.32. The Hall–Kier alpha value is -1.23. The van der Waals surface area contributed by atoms with E-state index in [4.69, 9.17) is 11.6 Å². The standard InChI is InChI=1S/C10H8ClF3N2/c1-2-16-8-5-6(11)3-4-7(8)15-9(16)10(12,13)14/h3-5H,2H2,1H3. The number of hydrogen-bond acceptors (Lipinski definition) is 1. The molecule has 0 bridgehead atoms. The Bertz CT molecular complexity index is 531. The summed E-state index contributed by atoms with van der Waals surface area (Å²) in [7, 11) is 0. The smallest absolute Gasteiger partial charge is 0.321 e. The number of halogens is 4. The zero-order valence-electron chi connectivity index (χ0n) is 8.35. The first kappa shape index (κ1) is 11.3. The molecule has 1 aromatic heterocycles. The van der Waals surface area contributed by atoms with Crippen molar-refractivity contribution in [3.8, 4) is 0 Å². The SMILES string of the molecule is CCn1c(C(F)(F)F)nc2ccc(Cl)cc21. The Labute approximate surface area is 94.6 Å². The number of hydrogen-bond donors (Lipinski definition) is 0. The number of aryl methyl sites for hydroxylation is 1. The van der Waals surface area contributed by atoms with Gasteiger partial charge in [-0.3, -0.25) is 0 Å². The molecule has 6 heteroatoms. The second-order valence-corrected chi connectivity index (χ2v) is 3.75. The van der Waals surface area contributed by atoms with Crippen molar-refractivity contribution >= 4 is 22.6 Å². The van der Waals surface area contributed by atoms with Gasteiger partial charge in [-0.05, 0) is 25.1 Å². The Morgan fingerprint density at radius 3 is 2.62 bits per heavy atom. The summed E-state index contributed by atoms with van der Waals surface area (Å²) in [6.45, 7) is 1.84. The Balaban J connectivity index is 2.77. The van der Waals surface area contributed by atoms with E-state index in [-0.39, 0.29) is 6.54 Å². The van der Waals surface area contributed by atoms with Crippen molar-refractivity contribution in [1.29, 1.82) is 0 Å². The van der Waals surface area contributed by atoms with Crippen LogP contribution in [0.1, 0.15) is 12.7 Å². The van der Waals surface area contributed by atoms with Crippen LogP contribution < -0.4 is 0 Å². The van der Waals surface area contributed by atoms with Crippen LogP contribution in [-0.4, -0.2) is 9.55 Å². The van der Waals surface area contributed by atoms with Crippen LogP contribution in [-0.2, 0) is 12.7 Å². The summed E-state index contributed by atoms with van der Waals surface area (Å²) in [4.78, 5) is 3.58. The predicted molar refractivity (Wildman–Crippen MR) is 55.4 cm³/mol. The molecule has 0 amide bonds. The van der Waals surface area contributed by atoms with E-state index < -0.39 is 12.0 Å². The fourth-order valence-electron chi connectivity index (χ4n) is 1.63. The van der Waals surface area contributed by atoms with Crippen LogP contribution in [0.4, 0.5) is 13.2 Å². The third-order valence-corrected chi connectivity index (χ3v) is 2.52. The van der Waals surface area contributed by atoms with E-state index in [0.717, 1.165) is 4.57 Å². The Morgan fingerprint density at radius 1 is 1.38 bits per heavy atom. The molecule has 1 aromatic carbocycles. The molecule has 86 valence electrons. The fraction of sp³-hybridized carbons (Fsp3) is 0.300. The largest absolute Gasteiger partial charge is 0.449 e. The van der Waals surface area contributed by atoms with Crippen LogP contribution in [0.2, 0.25) is 5.02 Å². The maximum absolute atomic E-state index is 12.7. The Morgan fingerprint density at radius 2 is 2.06 bits per heavy atom. The summed E-state index contributed by atoms with van der Waals surface area (Å²) in [5.74, 6) is -0.882. The molecule has 16 heavy (non-hydrogen) atoms. The van der Waals surface area contributed by atoms with Crippen molar-refractivity contribution in [3.63, 3.8) is 0 Å². The predicted octanol–water partition coefficient (Wildman–Crippen LogP) is 3.73. The molecular weight excluding hydrogens is 241 g/mol. The molecule has 2 aromatic rings. The van der Waals surface area contributed by atoms with Gasteiger partial charge >= 0.3 is 6.18 Å². The summed E-state index contributed by atoms with van der Waals surface area (Å²) >= 11 is 5.75. The molecule has 0 N–H and O–H groups in total. The van der Waals surface area contributed by atoms with E-state index in [9.17, 15) is 13.2 Å². The van der Waals surface area contributed by atoms with Crippen molar-refractivity contribution in [1.82, 2.24) is 9.55 Å². The maximum Gasteiger partial charge on any atom is 0.449 e. The van der Waals surface area contributed by atoms with Crippen LogP contribution in [0.3, 0.4) is 0 Å². The summed E-state index contributed by atoms with van der Waals surface area (Å²) in [5.41, 5.74) is 0.709. The Kier molecular flexibility index (Phi) is 2.58. The molecular formula is C10H8ClF3N2. The number of benzene rings is 1. The van der Waals surface area contributed by atoms with Crippen LogP contribution in [0.15, 0.2) is 18.2 Å². The fourth-order valence-corrected chi connectivity index (χ4v) is 1.80. The van der Waals surface area contributed by atoms with E-state index in [1.165, 1.54) is 18.2 Å². The highest BCUT2D eigenvalue weighted by molar-refractivity contribution is 6.31. The zero-order valence-corrected chi connectivity index (χ0v) is 9.10. The normalized spacial score (nSPS) is 12.3. The molecule has 0 unspecified atom stereocenters. The van der Waals surface area contributed by atoms with Gasteiger partial charge in [0.2, 0.25) is 5.82 Å². The first-order chi connectivity index (χ1) is 7.43. The quantitative estimate of drug-likeness (QED) is 0.752.